The van der Waals surface area contributed by atoms with E-state index in [9.17, 15) is 4.79 Å². The van der Waals surface area contributed by atoms with Gasteiger partial charge in [0, 0.05) is 10.6 Å². The largest absolute Gasteiger partial charge is 0.466 e. The SMILES string of the molecule is COC(=O)/C=C/c1ccc(C2=C(Br)CCc3ccccc32)cc1. The second-order valence-corrected chi connectivity index (χ2v) is 6.37. The number of benzene rings is 2. The fourth-order valence-electron chi connectivity index (χ4n) is 2.80. The number of hydrogen-bond donors (Lipinski definition) is 0. The number of aryl methyl sites for hydroxylation is 1. The molecule has 1 aliphatic carbocycles. The first-order chi connectivity index (χ1) is 11.2. The number of fused-ring (bicyclic) bond motifs is 1. The highest BCUT2D eigenvalue weighted by atomic mass is 79.9. The zero-order valence-electron chi connectivity index (χ0n) is 12.9. The minimum Gasteiger partial charge on any atom is -0.466 e. The predicted octanol–water partition coefficient (Wildman–Crippen LogP) is 4.97. The minimum absolute atomic E-state index is 0.347. The maximum Gasteiger partial charge on any atom is 0.330 e. The van der Waals surface area contributed by atoms with Gasteiger partial charge in [-0.05, 0) is 46.7 Å². The van der Waals surface area contributed by atoms with E-state index in [1.54, 1.807) is 6.08 Å². The van der Waals surface area contributed by atoms with Gasteiger partial charge in [-0.1, -0.05) is 64.5 Å². The molecule has 0 saturated heterocycles. The first-order valence-electron chi connectivity index (χ1n) is 7.52. The van der Waals surface area contributed by atoms with Crippen LogP contribution >= 0.6 is 15.9 Å². The van der Waals surface area contributed by atoms with Crippen molar-refractivity contribution in [2.45, 2.75) is 12.8 Å². The molecule has 1 aliphatic rings. The van der Waals surface area contributed by atoms with Gasteiger partial charge in [0.15, 0.2) is 0 Å². The normalized spacial score (nSPS) is 14.0. The third-order valence-corrected chi connectivity index (χ3v) is 4.78. The Kier molecular flexibility index (Phi) is 4.77. The minimum atomic E-state index is -0.347. The third kappa shape index (κ3) is 3.45. The van der Waals surface area contributed by atoms with Gasteiger partial charge in [0.1, 0.15) is 0 Å². The van der Waals surface area contributed by atoms with Crippen LogP contribution in [0.25, 0.3) is 11.6 Å². The van der Waals surface area contributed by atoms with E-state index in [4.69, 9.17) is 0 Å². The smallest absolute Gasteiger partial charge is 0.330 e. The standard InChI is InChI=1S/C20H17BrO2/c1-23-19(22)13-8-14-6-9-16(10-7-14)20-17-5-3-2-4-15(17)11-12-18(20)21/h2-10,13H,11-12H2,1H3/b13-8+. The number of methoxy groups -OCH3 is 1. The maximum atomic E-state index is 11.2. The van der Waals surface area contributed by atoms with E-state index in [1.165, 1.54) is 39.9 Å². The molecular weight excluding hydrogens is 352 g/mol. The van der Waals surface area contributed by atoms with E-state index >= 15 is 0 Å². The lowest BCUT2D eigenvalue weighted by Gasteiger charge is -2.21. The number of ether oxygens (including phenoxy) is 1. The molecule has 0 aliphatic heterocycles. The van der Waals surface area contributed by atoms with Crippen LogP contribution in [-0.4, -0.2) is 13.1 Å². The number of rotatable bonds is 3. The van der Waals surface area contributed by atoms with Crippen LogP contribution in [0, 0.1) is 0 Å². The van der Waals surface area contributed by atoms with Gasteiger partial charge < -0.3 is 4.74 Å². The molecule has 3 heteroatoms. The van der Waals surface area contributed by atoms with Gasteiger partial charge >= 0.3 is 5.97 Å². The summed E-state index contributed by atoms with van der Waals surface area (Å²) in [6.07, 6.45) is 5.28. The Morgan fingerprint density at radius 3 is 2.57 bits per heavy atom. The Morgan fingerprint density at radius 2 is 1.83 bits per heavy atom. The molecular formula is C20H17BrO2. The average molecular weight is 369 g/mol. The summed E-state index contributed by atoms with van der Waals surface area (Å²) in [4.78, 5) is 11.2. The highest BCUT2D eigenvalue weighted by Crippen LogP contribution is 2.38. The van der Waals surface area contributed by atoms with E-state index < -0.39 is 0 Å². The molecule has 3 rings (SSSR count). The Labute approximate surface area is 144 Å². The van der Waals surface area contributed by atoms with Crippen LogP contribution < -0.4 is 0 Å². The predicted molar refractivity (Wildman–Crippen MR) is 97.2 cm³/mol. The second-order valence-electron chi connectivity index (χ2n) is 5.42. The van der Waals surface area contributed by atoms with Gasteiger partial charge in [-0.25, -0.2) is 4.79 Å². The lowest BCUT2D eigenvalue weighted by atomic mass is 9.87. The monoisotopic (exact) mass is 368 g/mol. The van der Waals surface area contributed by atoms with Crippen LogP contribution in [0.15, 0.2) is 59.1 Å². The number of carbonyl (C=O) groups excluding carboxylic acids is 1. The molecule has 2 nitrogen and oxygen atoms in total. The Balaban J connectivity index is 1.93. The third-order valence-electron chi connectivity index (χ3n) is 3.98. The van der Waals surface area contributed by atoms with Crippen LogP contribution in [0.5, 0.6) is 0 Å². The molecule has 0 amide bonds. The van der Waals surface area contributed by atoms with Gasteiger partial charge in [0.2, 0.25) is 0 Å². The van der Waals surface area contributed by atoms with Crippen molar-refractivity contribution in [1.82, 2.24) is 0 Å². The van der Waals surface area contributed by atoms with E-state index in [1.807, 2.05) is 12.1 Å². The average Bonchev–Trinajstić information content (AvgIpc) is 2.60. The zero-order valence-corrected chi connectivity index (χ0v) is 14.5. The first kappa shape index (κ1) is 15.8. The van der Waals surface area contributed by atoms with Gasteiger partial charge in [0.05, 0.1) is 7.11 Å². The van der Waals surface area contributed by atoms with Crippen molar-refractivity contribution in [1.29, 1.82) is 0 Å². The second kappa shape index (κ2) is 6.97. The Bertz CT molecular complexity index is 786. The van der Waals surface area contributed by atoms with Gasteiger partial charge in [0.25, 0.3) is 0 Å². The van der Waals surface area contributed by atoms with E-state index in [2.05, 4.69) is 57.1 Å². The van der Waals surface area contributed by atoms with Crippen LogP contribution in [0.2, 0.25) is 0 Å². The molecule has 116 valence electrons. The highest BCUT2D eigenvalue weighted by Gasteiger charge is 2.18. The van der Waals surface area contributed by atoms with Crippen molar-refractivity contribution in [3.63, 3.8) is 0 Å². The number of carbonyl (C=O) groups is 1. The molecule has 23 heavy (non-hydrogen) atoms. The molecule has 0 bridgehead atoms. The lowest BCUT2D eigenvalue weighted by molar-refractivity contribution is -0.134. The van der Waals surface area contributed by atoms with Crippen LogP contribution in [0.4, 0.5) is 0 Å². The Hall–Kier alpha value is -2.13. The number of esters is 1. The topological polar surface area (TPSA) is 26.3 Å². The van der Waals surface area contributed by atoms with E-state index in [-0.39, 0.29) is 5.97 Å². The molecule has 0 aromatic heterocycles. The van der Waals surface area contributed by atoms with Crippen molar-refractivity contribution in [2.24, 2.45) is 0 Å². The lowest BCUT2D eigenvalue weighted by Crippen LogP contribution is -2.03. The molecule has 0 fully saturated rings. The van der Waals surface area contributed by atoms with Crippen molar-refractivity contribution < 1.29 is 9.53 Å². The summed E-state index contributed by atoms with van der Waals surface area (Å²) in [7, 11) is 1.38. The Morgan fingerprint density at radius 1 is 1.09 bits per heavy atom. The van der Waals surface area contributed by atoms with Crippen LogP contribution in [0.1, 0.15) is 28.7 Å². The van der Waals surface area contributed by atoms with Gasteiger partial charge in [-0.3, -0.25) is 0 Å². The summed E-state index contributed by atoms with van der Waals surface area (Å²) < 4.78 is 5.85. The van der Waals surface area contributed by atoms with Gasteiger partial charge in [-0.15, -0.1) is 0 Å². The number of halogens is 1. The molecule has 0 atom stereocenters. The molecule has 0 heterocycles. The summed E-state index contributed by atoms with van der Waals surface area (Å²) in [5.41, 5.74) is 6.10. The molecule has 2 aromatic carbocycles. The van der Waals surface area contributed by atoms with Crippen molar-refractivity contribution in [2.75, 3.05) is 7.11 Å². The molecule has 0 spiro atoms. The van der Waals surface area contributed by atoms with Crippen molar-refractivity contribution in [3.8, 4) is 0 Å². The summed E-state index contributed by atoms with van der Waals surface area (Å²) >= 11 is 3.74. The molecule has 0 saturated carbocycles. The molecule has 0 unspecified atom stereocenters. The number of allylic oxidation sites excluding steroid dienone is 1. The van der Waals surface area contributed by atoms with Crippen LogP contribution in [0.3, 0.4) is 0 Å². The molecule has 0 N–H and O–H groups in total. The van der Waals surface area contributed by atoms with E-state index in [0.29, 0.717) is 0 Å². The zero-order chi connectivity index (χ0) is 16.2. The molecule has 0 radical (unpaired) electrons. The highest BCUT2D eigenvalue weighted by molar-refractivity contribution is 9.11. The summed E-state index contributed by atoms with van der Waals surface area (Å²) in [5, 5.41) is 0. The summed E-state index contributed by atoms with van der Waals surface area (Å²) in [6, 6.07) is 16.8. The maximum absolute atomic E-state index is 11.2. The van der Waals surface area contributed by atoms with Gasteiger partial charge in [-0.2, -0.15) is 0 Å². The quantitative estimate of drug-likeness (QED) is 0.564. The fourth-order valence-corrected chi connectivity index (χ4v) is 3.44. The molecule has 2 aromatic rings. The summed E-state index contributed by atoms with van der Waals surface area (Å²) in [5.74, 6) is -0.347. The van der Waals surface area contributed by atoms with E-state index in [0.717, 1.165) is 18.4 Å². The number of hydrogen-bond acceptors (Lipinski definition) is 2. The first-order valence-corrected chi connectivity index (χ1v) is 8.31. The fraction of sp³-hybridized carbons (Fsp3) is 0.150. The van der Waals surface area contributed by atoms with Crippen molar-refractivity contribution in [3.05, 3.63) is 81.3 Å². The van der Waals surface area contributed by atoms with Crippen molar-refractivity contribution >= 4 is 33.5 Å². The summed E-state index contributed by atoms with van der Waals surface area (Å²) in [6.45, 7) is 0. The van der Waals surface area contributed by atoms with Crippen LogP contribution in [-0.2, 0) is 16.0 Å².